The standard InChI is InChI=1S/C24H20N2O4.H2/c27-23(24(8-9-24)18-3-5-20-21(12-18)30-14-29-20)26-22-6-2-17(13-25-22)15-1-4-19-16(11-15)7-10-28-19;/h1-6,11-13H,7-10,14H2,(H,25,26,27);1H. The summed E-state index contributed by atoms with van der Waals surface area (Å²) in [5, 5.41) is 2.99. The number of ether oxygens (including phenoxy) is 3. The lowest BCUT2D eigenvalue weighted by Crippen LogP contribution is -2.28. The van der Waals surface area contributed by atoms with Crippen LogP contribution in [-0.4, -0.2) is 24.3 Å². The van der Waals surface area contributed by atoms with Crippen LogP contribution in [0.3, 0.4) is 0 Å². The van der Waals surface area contributed by atoms with Crippen molar-refractivity contribution in [3.63, 3.8) is 0 Å². The number of nitrogens with zero attached hydrogens (tertiary/aromatic N) is 1. The number of rotatable bonds is 4. The molecule has 6 nitrogen and oxygen atoms in total. The number of nitrogens with one attached hydrogen (secondary N) is 1. The first-order valence-corrected chi connectivity index (χ1v) is 10.2. The maximum atomic E-state index is 13.0. The number of hydrogen-bond acceptors (Lipinski definition) is 5. The van der Waals surface area contributed by atoms with Crippen molar-refractivity contribution in [1.82, 2.24) is 4.98 Å². The number of benzene rings is 2. The molecule has 0 atom stereocenters. The third-order valence-corrected chi connectivity index (χ3v) is 6.14. The number of carbonyl (C=O) groups is 1. The normalized spacial score (nSPS) is 17.2. The van der Waals surface area contributed by atoms with Gasteiger partial charge in [0.1, 0.15) is 11.6 Å². The van der Waals surface area contributed by atoms with Gasteiger partial charge in [-0.2, -0.15) is 0 Å². The van der Waals surface area contributed by atoms with E-state index < -0.39 is 5.41 Å². The van der Waals surface area contributed by atoms with E-state index in [9.17, 15) is 4.79 Å². The molecule has 3 aliphatic rings. The first-order valence-electron chi connectivity index (χ1n) is 10.2. The highest BCUT2D eigenvalue weighted by molar-refractivity contribution is 6.01. The van der Waals surface area contributed by atoms with Crippen molar-refractivity contribution in [1.29, 1.82) is 0 Å². The van der Waals surface area contributed by atoms with Gasteiger partial charge < -0.3 is 19.5 Å². The summed E-state index contributed by atoms with van der Waals surface area (Å²) >= 11 is 0. The van der Waals surface area contributed by atoms with E-state index in [0.717, 1.165) is 54.1 Å². The van der Waals surface area contributed by atoms with Crippen LogP contribution in [0, 0.1) is 0 Å². The summed E-state index contributed by atoms with van der Waals surface area (Å²) in [4.78, 5) is 17.5. The first kappa shape index (κ1) is 17.3. The Hall–Kier alpha value is -3.54. The molecule has 30 heavy (non-hydrogen) atoms. The molecule has 152 valence electrons. The van der Waals surface area contributed by atoms with E-state index in [-0.39, 0.29) is 14.1 Å². The van der Waals surface area contributed by atoms with Gasteiger partial charge >= 0.3 is 0 Å². The predicted octanol–water partition coefficient (Wildman–Crippen LogP) is 4.33. The molecule has 3 aromatic rings. The Morgan fingerprint density at radius 3 is 2.60 bits per heavy atom. The summed E-state index contributed by atoms with van der Waals surface area (Å²) < 4.78 is 16.4. The Morgan fingerprint density at radius 2 is 1.77 bits per heavy atom. The second-order valence-corrected chi connectivity index (χ2v) is 7.96. The second-order valence-electron chi connectivity index (χ2n) is 7.96. The highest BCUT2D eigenvalue weighted by Gasteiger charge is 2.51. The largest absolute Gasteiger partial charge is 0.493 e. The van der Waals surface area contributed by atoms with Crippen LogP contribution in [0.2, 0.25) is 0 Å². The molecule has 2 aromatic carbocycles. The average Bonchev–Trinajstić information content (AvgIpc) is 3.23. The number of aromatic nitrogens is 1. The van der Waals surface area contributed by atoms with Gasteiger partial charge in [-0.25, -0.2) is 4.98 Å². The summed E-state index contributed by atoms with van der Waals surface area (Å²) in [6.45, 7) is 0.971. The Kier molecular flexibility index (Phi) is 3.75. The first-order chi connectivity index (χ1) is 14.7. The predicted molar refractivity (Wildman–Crippen MR) is 113 cm³/mol. The second kappa shape index (κ2) is 6.49. The fourth-order valence-corrected chi connectivity index (χ4v) is 4.21. The highest BCUT2D eigenvalue weighted by atomic mass is 16.7. The van der Waals surface area contributed by atoms with Crippen LogP contribution < -0.4 is 19.5 Å². The lowest BCUT2D eigenvalue weighted by molar-refractivity contribution is -0.118. The van der Waals surface area contributed by atoms with Gasteiger partial charge in [0.25, 0.3) is 0 Å². The smallest absolute Gasteiger partial charge is 0.236 e. The number of pyridine rings is 1. The summed E-state index contributed by atoms with van der Waals surface area (Å²) in [5.74, 6) is 2.92. The Morgan fingerprint density at radius 1 is 0.933 bits per heavy atom. The zero-order chi connectivity index (χ0) is 20.1. The van der Waals surface area contributed by atoms with Gasteiger partial charge in [-0.3, -0.25) is 4.79 Å². The van der Waals surface area contributed by atoms with Crippen molar-refractivity contribution in [2.24, 2.45) is 0 Å². The molecular weight excluding hydrogens is 380 g/mol. The van der Waals surface area contributed by atoms with Gasteiger partial charge in [-0.1, -0.05) is 12.1 Å². The van der Waals surface area contributed by atoms with Gasteiger partial charge in [0.2, 0.25) is 12.7 Å². The molecule has 0 bridgehead atoms. The van der Waals surface area contributed by atoms with Crippen molar-refractivity contribution in [2.75, 3.05) is 18.7 Å². The minimum Gasteiger partial charge on any atom is -0.493 e. The molecular formula is C24H22N2O4. The lowest BCUT2D eigenvalue weighted by Gasteiger charge is -2.16. The molecule has 2 aliphatic heterocycles. The third-order valence-electron chi connectivity index (χ3n) is 6.14. The SMILES string of the molecule is O=C(Nc1ccc(-c2ccc3c(c2)CCO3)cn1)C1(c2ccc3c(c2)OCO3)CC1.[HH]. The quantitative estimate of drug-likeness (QED) is 0.704. The number of anilines is 1. The van der Waals surface area contributed by atoms with E-state index in [1.54, 1.807) is 6.20 Å². The van der Waals surface area contributed by atoms with Crippen molar-refractivity contribution in [2.45, 2.75) is 24.7 Å². The number of hydrogen-bond donors (Lipinski definition) is 1. The molecule has 1 N–H and O–H groups in total. The van der Waals surface area contributed by atoms with E-state index in [0.29, 0.717) is 11.6 Å². The maximum absolute atomic E-state index is 13.0. The van der Waals surface area contributed by atoms with Crippen LogP contribution in [0.15, 0.2) is 54.7 Å². The Labute approximate surface area is 175 Å². The van der Waals surface area contributed by atoms with Crippen molar-refractivity contribution >= 4 is 11.7 Å². The zero-order valence-corrected chi connectivity index (χ0v) is 16.3. The maximum Gasteiger partial charge on any atom is 0.236 e. The minimum absolute atomic E-state index is 0. The van der Waals surface area contributed by atoms with Crippen molar-refractivity contribution < 1.29 is 20.4 Å². The van der Waals surface area contributed by atoms with Gasteiger partial charge in [0.15, 0.2) is 11.5 Å². The molecule has 0 saturated heterocycles. The van der Waals surface area contributed by atoms with Gasteiger partial charge in [0, 0.05) is 19.6 Å². The molecule has 1 fully saturated rings. The molecule has 3 heterocycles. The van der Waals surface area contributed by atoms with Gasteiger partial charge in [-0.15, -0.1) is 0 Å². The molecule has 0 spiro atoms. The van der Waals surface area contributed by atoms with Crippen LogP contribution in [0.25, 0.3) is 11.1 Å². The summed E-state index contributed by atoms with van der Waals surface area (Å²) in [6, 6.07) is 15.8. The van der Waals surface area contributed by atoms with Crippen LogP contribution in [0.5, 0.6) is 17.2 Å². The molecule has 1 amide bonds. The van der Waals surface area contributed by atoms with E-state index >= 15 is 0 Å². The van der Waals surface area contributed by atoms with Crippen molar-refractivity contribution in [3.8, 4) is 28.4 Å². The molecule has 1 aliphatic carbocycles. The summed E-state index contributed by atoms with van der Waals surface area (Å²) in [6.07, 6.45) is 4.36. The number of carbonyl (C=O) groups excluding carboxylic acids is 1. The molecule has 1 aromatic heterocycles. The van der Waals surface area contributed by atoms with E-state index in [4.69, 9.17) is 14.2 Å². The lowest BCUT2D eigenvalue weighted by atomic mass is 9.94. The molecule has 1 saturated carbocycles. The van der Waals surface area contributed by atoms with Crippen LogP contribution in [0.4, 0.5) is 5.82 Å². The van der Waals surface area contributed by atoms with Crippen LogP contribution >= 0.6 is 0 Å². The highest BCUT2D eigenvalue weighted by Crippen LogP contribution is 2.51. The molecule has 6 rings (SSSR count). The Bertz CT molecular complexity index is 1160. The topological polar surface area (TPSA) is 69.7 Å². The fourth-order valence-electron chi connectivity index (χ4n) is 4.21. The van der Waals surface area contributed by atoms with Crippen LogP contribution in [-0.2, 0) is 16.6 Å². The van der Waals surface area contributed by atoms with Gasteiger partial charge in [-0.05, 0) is 65.9 Å². The molecule has 0 unspecified atom stereocenters. The van der Waals surface area contributed by atoms with Gasteiger partial charge in [0.05, 0.1) is 12.0 Å². The van der Waals surface area contributed by atoms with Crippen LogP contribution in [0.1, 0.15) is 25.4 Å². The zero-order valence-electron chi connectivity index (χ0n) is 16.3. The van der Waals surface area contributed by atoms with Crippen molar-refractivity contribution in [3.05, 3.63) is 65.9 Å². The Balaban J connectivity index is 0.00000204. The minimum atomic E-state index is -0.513. The number of amides is 1. The average molecular weight is 402 g/mol. The summed E-state index contributed by atoms with van der Waals surface area (Å²) in [7, 11) is 0. The molecule has 0 radical (unpaired) electrons. The summed E-state index contributed by atoms with van der Waals surface area (Å²) in [5.41, 5.74) is 3.79. The van der Waals surface area contributed by atoms with E-state index in [2.05, 4.69) is 16.4 Å². The third kappa shape index (κ3) is 2.79. The van der Waals surface area contributed by atoms with E-state index in [1.807, 2.05) is 42.5 Å². The number of fused-ring (bicyclic) bond motifs is 2. The monoisotopic (exact) mass is 402 g/mol. The molecule has 6 heteroatoms. The van der Waals surface area contributed by atoms with E-state index in [1.165, 1.54) is 5.56 Å². The fraction of sp³-hybridized carbons (Fsp3) is 0.250.